The van der Waals surface area contributed by atoms with E-state index in [2.05, 4.69) is 5.32 Å². The Hall–Kier alpha value is -3.88. The topological polar surface area (TPSA) is 92.6 Å². The van der Waals surface area contributed by atoms with Crippen LogP contribution in [-0.4, -0.2) is 0 Å². The van der Waals surface area contributed by atoms with Crippen molar-refractivity contribution in [1.29, 1.82) is 15.8 Å². The van der Waals surface area contributed by atoms with Crippen LogP contribution in [0.2, 0.25) is 5.02 Å². The first-order valence-corrected chi connectivity index (χ1v) is 7.84. The average Bonchev–Trinajstić information content (AvgIpc) is 2.66. The van der Waals surface area contributed by atoms with E-state index in [9.17, 15) is 26.3 Å². The number of hydrogen-bond acceptors (Lipinski definition) is 5. The van der Waals surface area contributed by atoms with Crippen molar-refractivity contribution in [3.63, 3.8) is 0 Å². The Morgan fingerprint density at radius 3 is 1.93 bits per heavy atom. The molecule has 0 fully saturated rings. The van der Waals surface area contributed by atoms with Crippen molar-refractivity contribution >= 4 is 17.3 Å². The average molecular weight is 443 g/mol. The van der Waals surface area contributed by atoms with Gasteiger partial charge in [-0.2, -0.15) is 29.0 Å². The molecule has 0 unspecified atom stereocenters. The van der Waals surface area contributed by atoms with Gasteiger partial charge in [0.05, 0.1) is 16.3 Å². The van der Waals surface area contributed by atoms with Crippen molar-refractivity contribution in [2.45, 2.75) is 6.18 Å². The third-order valence-corrected chi connectivity index (χ3v) is 3.70. The summed E-state index contributed by atoms with van der Waals surface area (Å²) in [6.45, 7) is 0. The molecule has 12 heteroatoms. The molecule has 1 N–H and O–H groups in total. The Balaban J connectivity index is 2.50. The molecule has 5 nitrogen and oxygen atoms in total. The van der Waals surface area contributed by atoms with Gasteiger partial charge < -0.3 is 10.1 Å². The first kappa shape index (κ1) is 22.4. The van der Waals surface area contributed by atoms with Crippen molar-refractivity contribution in [2.75, 3.05) is 5.32 Å². The number of benzene rings is 2. The first-order chi connectivity index (χ1) is 14.0. The van der Waals surface area contributed by atoms with Crippen molar-refractivity contribution < 1.29 is 31.1 Å². The van der Waals surface area contributed by atoms with Crippen molar-refractivity contribution in [3.05, 3.63) is 63.6 Å². The Bertz CT molecular complexity index is 1130. The number of hydrogen-bond donors (Lipinski definition) is 1. The van der Waals surface area contributed by atoms with Gasteiger partial charge in [0.1, 0.15) is 35.5 Å². The molecule has 0 amide bonds. The molecule has 0 atom stereocenters. The fourth-order valence-corrected chi connectivity index (χ4v) is 2.24. The maximum Gasteiger partial charge on any atom is 0.416 e. The summed E-state index contributed by atoms with van der Waals surface area (Å²) in [7, 11) is 0. The quantitative estimate of drug-likeness (QED) is 0.477. The largest absolute Gasteiger partial charge is 0.450 e. The highest BCUT2D eigenvalue weighted by Crippen LogP contribution is 2.39. The zero-order valence-electron chi connectivity index (χ0n) is 14.2. The number of rotatable bonds is 4. The van der Waals surface area contributed by atoms with Gasteiger partial charge in [0.15, 0.2) is 23.0 Å². The summed E-state index contributed by atoms with van der Waals surface area (Å²) in [6.07, 6.45) is -5.01. The lowest BCUT2D eigenvalue weighted by atomic mass is 10.2. The summed E-state index contributed by atoms with van der Waals surface area (Å²) in [5.41, 5.74) is -3.49. The standard InChI is InChI=1S/C18H5ClF6N4O/c19-10-3-11(20)14(29-15(7-28)8(5-26)6-27)4-16(10)30-17-12(21)1-9(2-13(17)22)18(23,24)25/h1-4,29H. The summed E-state index contributed by atoms with van der Waals surface area (Å²) in [5, 5.41) is 28.2. The predicted molar refractivity (Wildman–Crippen MR) is 90.3 cm³/mol. The Kier molecular flexibility index (Phi) is 6.46. The molecule has 0 aromatic heterocycles. The minimum atomic E-state index is -5.01. The summed E-state index contributed by atoms with van der Waals surface area (Å²) < 4.78 is 84.8. The minimum absolute atomic E-state index is 0.00234. The molecule has 0 saturated carbocycles. The molecule has 2 rings (SSSR count). The van der Waals surface area contributed by atoms with Crippen LogP contribution in [0.25, 0.3) is 0 Å². The van der Waals surface area contributed by atoms with Crippen LogP contribution in [0.1, 0.15) is 5.56 Å². The van der Waals surface area contributed by atoms with Crippen molar-refractivity contribution in [1.82, 2.24) is 0 Å². The molecule has 152 valence electrons. The monoisotopic (exact) mass is 442 g/mol. The van der Waals surface area contributed by atoms with E-state index in [0.717, 1.165) is 6.07 Å². The lowest BCUT2D eigenvalue weighted by Crippen LogP contribution is -2.07. The second-order valence-electron chi connectivity index (χ2n) is 5.34. The Morgan fingerprint density at radius 1 is 0.900 bits per heavy atom. The van der Waals surface area contributed by atoms with Gasteiger partial charge in [-0.05, 0) is 18.2 Å². The smallest absolute Gasteiger partial charge is 0.416 e. The summed E-state index contributed by atoms with van der Waals surface area (Å²) in [4.78, 5) is 0. The highest BCUT2D eigenvalue weighted by molar-refractivity contribution is 6.32. The SMILES string of the molecule is N#CC(C#N)=C(C#N)Nc1cc(Oc2c(F)cc(C(F)(F)F)cc2F)c(Cl)cc1F. The summed E-state index contributed by atoms with van der Waals surface area (Å²) >= 11 is 5.75. The molecule has 0 bridgehead atoms. The van der Waals surface area contributed by atoms with Crippen LogP contribution >= 0.6 is 11.6 Å². The minimum Gasteiger partial charge on any atom is -0.450 e. The number of nitriles is 3. The van der Waals surface area contributed by atoms with Gasteiger partial charge in [-0.1, -0.05) is 11.6 Å². The molecule has 2 aromatic carbocycles. The van der Waals surface area contributed by atoms with Crippen LogP contribution in [0.4, 0.5) is 32.0 Å². The third-order valence-electron chi connectivity index (χ3n) is 3.40. The highest BCUT2D eigenvalue weighted by Gasteiger charge is 2.33. The van der Waals surface area contributed by atoms with E-state index in [1.165, 1.54) is 18.2 Å². The predicted octanol–water partition coefficient (Wildman–Crippen LogP) is 5.81. The molecule has 0 aliphatic heterocycles. The van der Waals surface area contributed by atoms with Crippen molar-refractivity contribution in [3.8, 4) is 29.7 Å². The third kappa shape index (κ3) is 4.75. The molecule has 30 heavy (non-hydrogen) atoms. The number of anilines is 1. The number of nitrogens with one attached hydrogen (secondary N) is 1. The van der Waals surface area contributed by atoms with Gasteiger partial charge in [0.2, 0.25) is 0 Å². The fourth-order valence-electron chi connectivity index (χ4n) is 2.05. The van der Waals surface area contributed by atoms with Crippen LogP contribution in [-0.2, 0) is 6.18 Å². The molecular weight excluding hydrogens is 438 g/mol. The molecule has 2 aromatic rings. The second-order valence-corrected chi connectivity index (χ2v) is 5.75. The maximum atomic E-state index is 14.1. The molecule has 0 aliphatic rings. The van der Waals surface area contributed by atoms with Gasteiger partial charge in [-0.3, -0.25) is 0 Å². The molecule has 0 saturated heterocycles. The number of alkyl halides is 3. The molecule has 0 radical (unpaired) electrons. The fraction of sp³-hybridized carbons (Fsp3) is 0.0556. The lowest BCUT2D eigenvalue weighted by molar-refractivity contribution is -0.138. The van der Waals surface area contributed by atoms with E-state index in [0.29, 0.717) is 6.07 Å². The van der Waals surface area contributed by atoms with Crippen LogP contribution in [0.15, 0.2) is 35.5 Å². The van der Waals surface area contributed by atoms with Crippen LogP contribution in [0.5, 0.6) is 11.5 Å². The van der Waals surface area contributed by atoms with Crippen LogP contribution in [0, 0.1) is 51.4 Å². The number of allylic oxidation sites excluding steroid dienone is 2. The molecule has 0 spiro atoms. The number of nitrogens with zero attached hydrogens (tertiary/aromatic N) is 3. The Morgan fingerprint density at radius 2 is 1.47 bits per heavy atom. The van der Waals surface area contributed by atoms with Crippen LogP contribution < -0.4 is 10.1 Å². The van der Waals surface area contributed by atoms with Gasteiger partial charge in [-0.15, -0.1) is 0 Å². The van der Waals surface area contributed by atoms with Crippen LogP contribution in [0.3, 0.4) is 0 Å². The van der Waals surface area contributed by atoms with E-state index >= 15 is 0 Å². The summed E-state index contributed by atoms with van der Waals surface area (Å²) in [5.74, 6) is -6.33. The van der Waals surface area contributed by atoms with E-state index in [4.69, 9.17) is 32.1 Å². The molecule has 0 aliphatic carbocycles. The summed E-state index contributed by atoms with van der Waals surface area (Å²) in [6, 6.07) is 5.61. The normalized spacial score (nSPS) is 10.4. The van der Waals surface area contributed by atoms with E-state index in [1.807, 2.05) is 0 Å². The van der Waals surface area contributed by atoms with Gasteiger partial charge in [0.25, 0.3) is 0 Å². The van der Waals surface area contributed by atoms with E-state index in [1.54, 1.807) is 0 Å². The molecular formula is C18H5ClF6N4O. The molecule has 0 heterocycles. The van der Waals surface area contributed by atoms with Gasteiger partial charge in [0, 0.05) is 6.07 Å². The number of ether oxygens (including phenoxy) is 1. The second kappa shape index (κ2) is 8.64. The Labute approximate surface area is 169 Å². The number of halogens is 7. The highest BCUT2D eigenvalue weighted by atomic mass is 35.5. The van der Waals surface area contributed by atoms with E-state index in [-0.39, 0.29) is 12.1 Å². The zero-order chi connectivity index (χ0) is 22.6. The lowest BCUT2D eigenvalue weighted by Gasteiger charge is -2.14. The van der Waals surface area contributed by atoms with Gasteiger partial charge >= 0.3 is 6.18 Å². The first-order valence-electron chi connectivity index (χ1n) is 7.46. The zero-order valence-corrected chi connectivity index (χ0v) is 15.0. The maximum absolute atomic E-state index is 14.1. The van der Waals surface area contributed by atoms with E-state index < -0.39 is 62.7 Å². The van der Waals surface area contributed by atoms with Gasteiger partial charge in [-0.25, -0.2) is 13.2 Å². The van der Waals surface area contributed by atoms with Crippen molar-refractivity contribution in [2.24, 2.45) is 0 Å².